The molecule has 0 aliphatic carbocycles. The van der Waals surface area contributed by atoms with Crippen LogP contribution < -0.4 is 0 Å². The minimum absolute atomic E-state index is 0.675. The first-order valence-electron chi connectivity index (χ1n) is 3.97. The molecule has 1 aliphatic heterocycles. The van der Waals surface area contributed by atoms with Gasteiger partial charge in [0.1, 0.15) is 8.11 Å². The van der Waals surface area contributed by atoms with Gasteiger partial charge in [-0.1, -0.05) is 26.2 Å². The molecule has 1 fully saturated rings. The van der Waals surface area contributed by atoms with Crippen LogP contribution in [-0.2, 0) is 0 Å². The molecule has 0 atom stereocenters. The van der Waals surface area contributed by atoms with Gasteiger partial charge in [-0.2, -0.15) is 11.1 Å². The number of rotatable bonds is 1. The molecule has 0 saturated carbocycles. The summed E-state index contributed by atoms with van der Waals surface area (Å²) >= 11 is 6.08. The van der Waals surface area contributed by atoms with Gasteiger partial charge in [0, 0.05) is 0 Å². The molecule has 0 spiro atoms. The molecule has 1 rings (SSSR count). The molecule has 1 heterocycles. The number of halogens is 1. The fourth-order valence-electron chi connectivity index (χ4n) is 1.53. The zero-order valence-electron chi connectivity index (χ0n) is 6.07. The van der Waals surface area contributed by atoms with E-state index in [1.807, 2.05) is 0 Å². The van der Waals surface area contributed by atoms with Crippen LogP contribution in [0.4, 0.5) is 0 Å². The summed E-state index contributed by atoms with van der Waals surface area (Å²) in [6.45, 7) is 2.29. The van der Waals surface area contributed by atoms with Crippen molar-refractivity contribution in [2.24, 2.45) is 5.92 Å². The largest absolute Gasteiger partial charge is 0.172 e. The Balaban J connectivity index is 2.18. The topological polar surface area (TPSA) is 0 Å². The van der Waals surface area contributed by atoms with E-state index in [1.54, 1.807) is 0 Å². The van der Waals surface area contributed by atoms with Gasteiger partial charge in [-0.15, -0.1) is 0 Å². The SMILES string of the molecule is CCC1CC[SiH](Cl)CC1. The Hall–Kier alpha value is 0.507. The zero-order valence-corrected chi connectivity index (χ0v) is 7.98. The summed E-state index contributed by atoms with van der Waals surface area (Å²) in [4.78, 5) is 0. The average Bonchev–Trinajstić information content (AvgIpc) is 1.90. The smallest absolute Gasteiger partial charge is 0.141 e. The zero-order chi connectivity index (χ0) is 6.69. The predicted molar refractivity (Wildman–Crippen MR) is 45.6 cm³/mol. The molecule has 0 amide bonds. The molecule has 0 bridgehead atoms. The van der Waals surface area contributed by atoms with Crippen molar-refractivity contribution < 1.29 is 0 Å². The third-order valence-corrected chi connectivity index (χ3v) is 5.58. The Bertz CT molecular complexity index is 77.0. The molecule has 0 aromatic carbocycles. The van der Waals surface area contributed by atoms with Gasteiger partial charge in [-0.05, 0) is 18.0 Å². The molecule has 1 aliphatic rings. The Morgan fingerprint density at radius 1 is 1.44 bits per heavy atom. The van der Waals surface area contributed by atoms with Crippen LogP contribution in [0.1, 0.15) is 26.2 Å². The van der Waals surface area contributed by atoms with E-state index in [2.05, 4.69) is 6.92 Å². The van der Waals surface area contributed by atoms with Crippen molar-refractivity contribution in [2.75, 3.05) is 0 Å². The summed E-state index contributed by atoms with van der Waals surface area (Å²) in [7, 11) is -0.675. The lowest BCUT2D eigenvalue weighted by Gasteiger charge is -2.22. The van der Waals surface area contributed by atoms with Gasteiger partial charge in [0.25, 0.3) is 0 Å². The van der Waals surface area contributed by atoms with Crippen molar-refractivity contribution in [2.45, 2.75) is 38.3 Å². The van der Waals surface area contributed by atoms with Crippen molar-refractivity contribution in [3.63, 3.8) is 0 Å². The summed E-state index contributed by atoms with van der Waals surface area (Å²) in [6, 6.07) is 2.78. The van der Waals surface area contributed by atoms with Gasteiger partial charge < -0.3 is 0 Å². The third kappa shape index (κ3) is 2.30. The highest BCUT2D eigenvalue weighted by atomic mass is 35.6. The maximum absolute atomic E-state index is 6.08. The van der Waals surface area contributed by atoms with Crippen molar-refractivity contribution in [3.8, 4) is 0 Å². The molecule has 9 heavy (non-hydrogen) atoms. The van der Waals surface area contributed by atoms with Crippen LogP contribution in [0.2, 0.25) is 12.1 Å². The van der Waals surface area contributed by atoms with Crippen molar-refractivity contribution in [1.29, 1.82) is 0 Å². The molecular formula is C7H15ClSi. The first-order valence-corrected chi connectivity index (χ1v) is 7.35. The van der Waals surface area contributed by atoms with E-state index < -0.39 is 8.11 Å². The minimum atomic E-state index is -0.675. The van der Waals surface area contributed by atoms with Gasteiger partial charge >= 0.3 is 0 Å². The lowest BCUT2D eigenvalue weighted by Crippen LogP contribution is -2.15. The average molecular weight is 163 g/mol. The first kappa shape index (κ1) is 7.61. The molecule has 54 valence electrons. The summed E-state index contributed by atoms with van der Waals surface area (Å²) < 4.78 is 0. The maximum atomic E-state index is 6.08. The molecule has 0 unspecified atom stereocenters. The molecule has 1 saturated heterocycles. The lowest BCUT2D eigenvalue weighted by atomic mass is 10.0. The van der Waals surface area contributed by atoms with Crippen molar-refractivity contribution in [3.05, 3.63) is 0 Å². The van der Waals surface area contributed by atoms with E-state index >= 15 is 0 Å². The Morgan fingerprint density at radius 2 is 2.00 bits per heavy atom. The number of hydrogen-bond donors (Lipinski definition) is 0. The lowest BCUT2D eigenvalue weighted by molar-refractivity contribution is 0.460. The highest BCUT2D eigenvalue weighted by molar-refractivity contribution is 7.07. The Morgan fingerprint density at radius 3 is 2.44 bits per heavy atom. The second-order valence-electron chi connectivity index (χ2n) is 3.03. The van der Waals surface area contributed by atoms with E-state index in [0.717, 1.165) is 5.92 Å². The maximum Gasteiger partial charge on any atom is 0.141 e. The van der Waals surface area contributed by atoms with E-state index in [1.165, 1.54) is 31.4 Å². The fourth-order valence-corrected chi connectivity index (χ4v) is 4.24. The molecule has 0 N–H and O–H groups in total. The highest BCUT2D eigenvalue weighted by Gasteiger charge is 2.18. The van der Waals surface area contributed by atoms with E-state index in [0.29, 0.717) is 0 Å². The molecular weight excluding hydrogens is 148 g/mol. The Kier molecular flexibility index (Phi) is 3.06. The molecule has 0 nitrogen and oxygen atoms in total. The molecule has 0 aromatic rings. The minimum Gasteiger partial charge on any atom is -0.172 e. The van der Waals surface area contributed by atoms with Gasteiger partial charge in [-0.3, -0.25) is 0 Å². The second kappa shape index (κ2) is 3.62. The fraction of sp³-hybridized carbons (Fsp3) is 1.00. The summed E-state index contributed by atoms with van der Waals surface area (Å²) in [5.74, 6) is 1.02. The van der Waals surface area contributed by atoms with Crippen molar-refractivity contribution >= 4 is 19.2 Å². The van der Waals surface area contributed by atoms with Gasteiger partial charge in [0.2, 0.25) is 0 Å². The summed E-state index contributed by atoms with van der Waals surface area (Å²) in [6.07, 6.45) is 4.23. The quantitative estimate of drug-likeness (QED) is 0.411. The summed E-state index contributed by atoms with van der Waals surface area (Å²) in [5.41, 5.74) is 0. The van der Waals surface area contributed by atoms with Crippen LogP contribution in [0, 0.1) is 5.92 Å². The van der Waals surface area contributed by atoms with Crippen LogP contribution >= 0.6 is 11.1 Å². The molecule has 0 aromatic heterocycles. The van der Waals surface area contributed by atoms with Gasteiger partial charge in [-0.25, -0.2) is 0 Å². The normalized spacial score (nSPS) is 36.7. The van der Waals surface area contributed by atoms with Gasteiger partial charge in [0.05, 0.1) is 0 Å². The van der Waals surface area contributed by atoms with E-state index in [4.69, 9.17) is 11.1 Å². The van der Waals surface area contributed by atoms with Gasteiger partial charge in [0.15, 0.2) is 0 Å². The summed E-state index contributed by atoms with van der Waals surface area (Å²) in [5, 5.41) is 0. The van der Waals surface area contributed by atoms with Crippen LogP contribution in [0.5, 0.6) is 0 Å². The van der Waals surface area contributed by atoms with E-state index in [9.17, 15) is 0 Å². The highest BCUT2D eigenvalue weighted by Crippen LogP contribution is 2.28. The number of hydrogen-bond acceptors (Lipinski definition) is 0. The monoisotopic (exact) mass is 162 g/mol. The Labute approximate surface area is 63.9 Å². The standard InChI is InChI=1S/C7H15ClSi/c1-2-7-3-5-9(8)6-4-7/h7,9H,2-6H2,1H3. The van der Waals surface area contributed by atoms with Crippen LogP contribution in [-0.4, -0.2) is 8.11 Å². The van der Waals surface area contributed by atoms with Crippen LogP contribution in [0.25, 0.3) is 0 Å². The van der Waals surface area contributed by atoms with E-state index in [-0.39, 0.29) is 0 Å². The molecule has 0 radical (unpaired) electrons. The predicted octanol–water partition coefficient (Wildman–Crippen LogP) is 2.77. The van der Waals surface area contributed by atoms with Crippen molar-refractivity contribution in [1.82, 2.24) is 0 Å². The van der Waals surface area contributed by atoms with Crippen LogP contribution in [0.15, 0.2) is 0 Å². The second-order valence-corrected chi connectivity index (χ2v) is 7.23. The van der Waals surface area contributed by atoms with Crippen LogP contribution in [0.3, 0.4) is 0 Å². The first-order chi connectivity index (χ1) is 4.33. The third-order valence-electron chi connectivity index (χ3n) is 2.35. The molecule has 2 heteroatoms.